The summed E-state index contributed by atoms with van der Waals surface area (Å²) in [4.78, 5) is 7.29. The second-order valence-corrected chi connectivity index (χ2v) is 4.52. The summed E-state index contributed by atoms with van der Waals surface area (Å²) in [7, 11) is 0. The number of hydrogen-bond donors (Lipinski definition) is 3. The number of nitrogens with zero attached hydrogens (tertiary/aromatic N) is 2. The van der Waals surface area contributed by atoms with E-state index in [9.17, 15) is 5.11 Å². The first-order valence-corrected chi connectivity index (χ1v) is 6.23. The van der Waals surface area contributed by atoms with E-state index in [1.165, 1.54) is 0 Å². The molecule has 4 N–H and O–H groups in total. The summed E-state index contributed by atoms with van der Waals surface area (Å²) in [5, 5.41) is 13.1. The smallest absolute Gasteiger partial charge is 0.244 e. The number of benzene rings is 1. The first kappa shape index (κ1) is 12.4. The van der Waals surface area contributed by atoms with Crippen LogP contribution in [0.2, 0.25) is 0 Å². The molecule has 0 spiro atoms. The lowest BCUT2D eigenvalue weighted by Gasteiger charge is -2.06. The number of rotatable bonds is 4. The normalized spacial score (nSPS) is 12.4. The van der Waals surface area contributed by atoms with Gasteiger partial charge < -0.3 is 20.3 Å². The lowest BCUT2D eigenvalue weighted by Crippen LogP contribution is -2.13. The Morgan fingerprint density at radius 3 is 2.75 bits per heavy atom. The van der Waals surface area contributed by atoms with E-state index in [1.807, 2.05) is 24.3 Å². The van der Waals surface area contributed by atoms with Gasteiger partial charge in [-0.05, 0) is 36.2 Å². The number of phenols is 1. The number of aromatic nitrogens is 3. The highest BCUT2D eigenvalue weighted by molar-refractivity contribution is 5.47. The first-order valence-electron chi connectivity index (χ1n) is 6.23. The number of hydrogen-bond acceptors (Lipinski definition) is 5. The summed E-state index contributed by atoms with van der Waals surface area (Å²) in [6, 6.07) is 10.2. The molecule has 0 aliphatic rings. The quantitative estimate of drug-likeness (QED) is 0.673. The van der Waals surface area contributed by atoms with Gasteiger partial charge in [0.1, 0.15) is 5.75 Å². The van der Waals surface area contributed by atoms with Gasteiger partial charge in [0.15, 0.2) is 0 Å². The first-order chi connectivity index (χ1) is 9.72. The second-order valence-electron chi connectivity index (χ2n) is 4.52. The molecule has 0 saturated carbocycles. The Bertz CT molecular complexity index is 674. The summed E-state index contributed by atoms with van der Waals surface area (Å²) >= 11 is 0. The van der Waals surface area contributed by atoms with E-state index < -0.39 is 0 Å². The Morgan fingerprint density at radius 2 is 2.05 bits per heavy atom. The molecule has 20 heavy (non-hydrogen) atoms. The van der Waals surface area contributed by atoms with Gasteiger partial charge in [0.2, 0.25) is 11.7 Å². The number of aromatic hydroxyl groups is 1. The molecule has 1 aromatic carbocycles. The lowest BCUT2D eigenvalue weighted by atomic mass is 10.1. The molecule has 0 saturated heterocycles. The van der Waals surface area contributed by atoms with Crippen molar-refractivity contribution in [1.29, 1.82) is 0 Å². The van der Waals surface area contributed by atoms with Crippen molar-refractivity contribution in [1.82, 2.24) is 15.1 Å². The molecule has 6 nitrogen and oxygen atoms in total. The predicted octanol–water partition coefficient (Wildman–Crippen LogP) is 2.01. The molecule has 1 atom stereocenters. The Hall–Kier alpha value is -2.60. The SMILES string of the molecule is NC(Cc1ccc(O)cc1)c1nc(-c2ccc[nH]2)no1. The number of phenolic OH excluding ortho intramolecular Hbond substituents is 1. The summed E-state index contributed by atoms with van der Waals surface area (Å²) in [6.45, 7) is 0. The molecule has 0 bridgehead atoms. The highest BCUT2D eigenvalue weighted by Crippen LogP contribution is 2.19. The Labute approximate surface area is 115 Å². The summed E-state index contributed by atoms with van der Waals surface area (Å²) in [5.41, 5.74) is 7.85. The highest BCUT2D eigenvalue weighted by atomic mass is 16.5. The molecule has 2 aromatic heterocycles. The second kappa shape index (κ2) is 5.18. The van der Waals surface area contributed by atoms with Crippen molar-refractivity contribution in [2.24, 2.45) is 5.73 Å². The number of aromatic amines is 1. The molecule has 6 heteroatoms. The van der Waals surface area contributed by atoms with Crippen LogP contribution in [0.15, 0.2) is 47.1 Å². The number of H-pyrrole nitrogens is 1. The maximum atomic E-state index is 9.24. The molecule has 0 aliphatic heterocycles. The van der Waals surface area contributed by atoms with Crippen LogP contribution in [0, 0.1) is 0 Å². The van der Waals surface area contributed by atoms with Gasteiger partial charge in [-0.2, -0.15) is 4.98 Å². The number of nitrogens with two attached hydrogens (primary N) is 1. The van der Waals surface area contributed by atoms with E-state index in [1.54, 1.807) is 18.3 Å². The lowest BCUT2D eigenvalue weighted by molar-refractivity contribution is 0.354. The molecule has 2 heterocycles. The van der Waals surface area contributed by atoms with E-state index in [-0.39, 0.29) is 11.8 Å². The minimum Gasteiger partial charge on any atom is -0.508 e. The van der Waals surface area contributed by atoms with Crippen LogP contribution in [-0.4, -0.2) is 20.2 Å². The third kappa shape index (κ3) is 2.55. The van der Waals surface area contributed by atoms with Crippen LogP contribution in [-0.2, 0) is 6.42 Å². The van der Waals surface area contributed by atoms with E-state index in [4.69, 9.17) is 10.3 Å². The zero-order valence-electron chi connectivity index (χ0n) is 10.7. The van der Waals surface area contributed by atoms with Gasteiger partial charge in [-0.25, -0.2) is 0 Å². The molecule has 0 fully saturated rings. The average molecular weight is 270 g/mol. The van der Waals surface area contributed by atoms with Crippen LogP contribution in [0.25, 0.3) is 11.5 Å². The van der Waals surface area contributed by atoms with E-state index >= 15 is 0 Å². The molecular weight excluding hydrogens is 256 g/mol. The molecule has 1 unspecified atom stereocenters. The van der Waals surface area contributed by atoms with Crippen molar-refractivity contribution in [3.05, 3.63) is 54.0 Å². The van der Waals surface area contributed by atoms with Crippen LogP contribution in [0.1, 0.15) is 17.5 Å². The molecule has 3 aromatic rings. The zero-order valence-corrected chi connectivity index (χ0v) is 10.7. The van der Waals surface area contributed by atoms with Crippen LogP contribution < -0.4 is 5.73 Å². The number of nitrogens with one attached hydrogen (secondary N) is 1. The Balaban J connectivity index is 1.74. The van der Waals surface area contributed by atoms with Crippen LogP contribution in [0.3, 0.4) is 0 Å². The van der Waals surface area contributed by atoms with Crippen molar-refractivity contribution in [2.75, 3.05) is 0 Å². The van der Waals surface area contributed by atoms with E-state index in [0.717, 1.165) is 11.3 Å². The third-order valence-corrected chi connectivity index (χ3v) is 2.99. The molecule has 102 valence electrons. The van der Waals surface area contributed by atoms with Crippen molar-refractivity contribution < 1.29 is 9.63 Å². The topological polar surface area (TPSA) is 101 Å². The summed E-state index contributed by atoms with van der Waals surface area (Å²) < 4.78 is 5.19. The third-order valence-electron chi connectivity index (χ3n) is 2.99. The van der Waals surface area contributed by atoms with Crippen molar-refractivity contribution in [3.8, 4) is 17.3 Å². The van der Waals surface area contributed by atoms with Crippen molar-refractivity contribution in [3.63, 3.8) is 0 Å². The zero-order chi connectivity index (χ0) is 13.9. The van der Waals surface area contributed by atoms with Gasteiger partial charge in [-0.1, -0.05) is 17.3 Å². The minimum atomic E-state index is -0.379. The van der Waals surface area contributed by atoms with Gasteiger partial charge >= 0.3 is 0 Å². The minimum absolute atomic E-state index is 0.231. The van der Waals surface area contributed by atoms with Crippen molar-refractivity contribution >= 4 is 0 Å². The fourth-order valence-electron chi connectivity index (χ4n) is 1.94. The fourth-order valence-corrected chi connectivity index (χ4v) is 1.94. The van der Waals surface area contributed by atoms with Gasteiger partial charge in [-0.3, -0.25) is 0 Å². The molecular formula is C14H14N4O2. The fraction of sp³-hybridized carbons (Fsp3) is 0.143. The van der Waals surface area contributed by atoms with Crippen LogP contribution >= 0.6 is 0 Å². The van der Waals surface area contributed by atoms with E-state index in [2.05, 4.69) is 15.1 Å². The van der Waals surface area contributed by atoms with Gasteiger partial charge in [0.05, 0.1) is 11.7 Å². The maximum Gasteiger partial charge on any atom is 0.244 e. The highest BCUT2D eigenvalue weighted by Gasteiger charge is 2.16. The Morgan fingerprint density at radius 1 is 1.25 bits per heavy atom. The maximum absolute atomic E-state index is 9.24. The summed E-state index contributed by atoms with van der Waals surface area (Å²) in [5.74, 6) is 1.11. The predicted molar refractivity (Wildman–Crippen MR) is 72.8 cm³/mol. The van der Waals surface area contributed by atoms with E-state index in [0.29, 0.717) is 18.1 Å². The monoisotopic (exact) mass is 270 g/mol. The van der Waals surface area contributed by atoms with Gasteiger partial charge in [0.25, 0.3) is 0 Å². The van der Waals surface area contributed by atoms with Gasteiger partial charge in [-0.15, -0.1) is 0 Å². The van der Waals surface area contributed by atoms with Gasteiger partial charge in [0, 0.05) is 6.20 Å². The van der Waals surface area contributed by atoms with Crippen LogP contribution in [0.5, 0.6) is 5.75 Å². The molecule has 0 aliphatic carbocycles. The average Bonchev–Trinajstić information content (AvgIpc) is 3.11. The molecule has 0 amide bonds. The molecule has 3 rings (SSSR count). The standard InChI is InChI=1S/C14H14N4O2/c15-11(8-9-3-5-10(19)6-4-9)14-17-13(18-20-14)12-2-1-7-16-12/h1-7,11,16,19H,8,15H2. The Kier molecular flexibility index (Phi) is 3.22. The summed E-state index contributed by atoms with van der Waals surface area (Å²) in [6.07, 6.45) is 2.36. The largest absolute Gasteiger partial charge is 0.508 e. The molecule has 0 radical (unpaired) electrons. The van der Waals surface area contributed by atoms with Crippen LogP contribution in [0.4, 0.5) is 0 Å². The van der Waals surface area contributed by atoms with Crippen molar-refractivity contribution in [2.45, 2.75) is 12.5 Å².